The van der Waals surface area contributed by atoms with Gasteiger partial charge in [-0.25, -0.2) is 0 Å². The summed E-state index contributed by atoms with van der Waals surface area (Å²) in [5, 5.41) is 12.1. The predicted molar refractivity (Wildman–Crippen MR) is 77.3 cm³/mol. The maximum atomic E-state index is 11.4. The van der Waals surface area contributed by atoms with E-state index in [0.29, 0.717) is 13.0 Å². The van der Waals surface area contributed by atoms with Crippen molar-refractivity contribution in [2.24, 2.45) is 5.92 Å². The van der Waals surface area contributed by atoms with Crippen LogP contribution in [-0.2, 0) is 14.4 Å². The van der Waals surface area contributed by atoms with E-state index < -0.39 is 18.2 Å². The van der Waals surface area contributed by atoms with Crippen molar-refractivity contribution < 1.29 is 19.5 Å². The molecule has 3 atom stereocenters. The lowest BCUT2D eigenvalue weighted by molar-refractivity contribution is -0.144. The van der Waals surface area contributed by atoms with E-state index in [2.05, 4.69) is 11.9 Å². The molecule has 3 unspecified atom stereocenters. The summed E-state index contributed by atoms with van der Waals surface area (Å²) in [5.74, 6) is -1.27. The SMILES string of the molecule is C=CC1CC(C(=O)O)N(C(CN(C)C(C)=O)NC(C)=O)C1. The molecule has 2 N–H and O–H groups in total. The lowest BCUT2D eigenvalue weighted by Gasteiger charge is -2.34. The van der Waals surface area contributed by atoms with Crippen LogP contribution in [0.25, 0.3) is 0 Å². The normalized spacial score (nSPS) is 23.4. The molecule has 0 aliphatic carbocycles. The Kier molecular flexibility index (Phi) is 5.90. The number of hydrogen-bond acceptors (Lipinski definition) is 4. The highest BCUT2D eigenvalue weighted by molar-refractivity contribution is 5.76. The molecular formula is C14H23N3O4. The Morgan fingerprint density at radius 1 is 1.48 bits per heavy atom. The predicted octanol–water partition coefficient (Wildman–Crippen LogP) is -0.112. The van der Waals surface area contributed by atoms with Crippen molar-refractivity contribution in [2.75, 3.05) is 20.1 Å². The van der Waals surface area contributed by atoms with Crippen molar-refractivity contribution in [3.63, 3.8) is 0 Å². The molecule has 7 heteroatoms. The van der Waals surface area contributed by atoms with Gasteiger partial charge in [0.15, 0.2) is 0 Å². The number of amides is 2. The number of aliphatic carboxylic acids is 1. The molecule has 0 saturated carbocycles. The Morgan fingerprint density at radius 2 is 2.10 bits per heavy atom. The number of hydrogen-bond donors (Lipinski definition) is 2. The first kappa shape index (κ1) is 17.2. The van der Waals surface area contributed by atoms with Crippen LogP contribution in [0.3, 0.4) is 0 Å². The molecule has 1 aliphatic rings. The van der Waals surface area contributed by atoms with Crippen LogP contribution >= 0.6 is 0 Å². The zero-order chi connectivity index (χ0) is 16.2. The summed E-state index contributed by atoms with van der Waals surface area (Å²) in [5.41, 5.74) is 0. The van der Waals surface area contributed by atoms with Gasteiger partial charge in [-0.05, 0) is 12.3 Å². The Labute approximate surface area is 124 Å². The molecular weight excluding hydrogens is 274 g/mol. The van der Waals surface area contributed by atoms with Gasteiger partial charge in [-0.3, -0.25) is 19.3 Å². The van der Waals surface area contributed by atoms with Gasteiger partial charge in [-0.1, -0.05) is 6.08 Å². The van der Waals surface area contributed by atoms with Crippen molar-refractivity contribution >= 4 is 17.8 Å². The second-order valence-corrected chi connectivity index (χ2v) is 5.40. The number of nitrogens with one attached hydrogen (secondary N) is 1. The van der Waals surface area contributed by atoms with Gasteiger partial charge in [0.1, 0.15) is 12.2 Å². The van der Waals surface area contributed by atoms with Gasteiger partial charge in [0.25, 0.3) is 0 Å². The van der Waals surface area contributed by atoms with Crippen LogP contribution in [0.15, 0.2) is 12.7 Å². The van der Waals surface area contributed by atoms with E-state index >= 15 is 0 Å². The molecule has 2 amide bonds. The summed E-state index contributed by atoms with van der Waals surface area (Å²) in [6, 6.07) is -0.690. The molecule has 0 spiro atoms. The van der Waals surface area contributed by atoms with Gasteiger partial charge in [-0.2, -0.15) is 0 Å². The minimum Gasteiger partial charge on any atom is -0.480 e. The number of carboxylic acid groups (broad SMARTS) is 1. The molecule has 0 radical (unpaired) electrons. The largest absolute Gasteiger partial charge is 0.480 e. The van der Waals surface area contributed by atoms with Crippen molar-refractivity contribution in [1.82, 2.24) is 15.1 Å². The van der Waals surface area contributed by atoms with E-state index in [4.69, 9.17) is 0 Å². The van der Waals surface area contributed by atoms with Crippen molar-refractivity contribution in [3.8, 4) is 0 Å². The number of carbonyl (C=O) groups is 3. The monoisotopic (exact) mass is 297 g/mol. The quantitative estimate of drug-likeness (QED) is 0.668. The molecule has 21 heavy (non-hydrogen) atoms. The topological polar surface area (TPSA) is 89.9 Å². The Hall–Kier alpha value is -1.89. The lowest BCUT2D eigenvalue weighted by atomic mass is 10.1. The maximum Gasteiger partial charge on any atom is 0.321 e. The molecule has 0 aromatic carbocycles. The van der Waals surface area contributed by atoms with E-state index in [1.807, 2.05) is 0 Å². The van der Waals surface area contributed by atoms with Gasteiger partial charge in [0.05, 0.1) is 6.54 Å². The molecule has 1 rings (SSSR count). The minimum atomic E-state index is -0.930. The smallest absolute Gasteiger partial charge is 0.321 e. The molecule has 0 aromatic rings. The van der Waals surface area contributed by atoms with E-state index in [0.717, 1.165) is 0 Å². The number of likely N-dealkylation sites (tertiary alicyclic amines) is 1. The summed E-state index contributed by atoms with van der Waals surface area (Å²) in [6.07, 6.45) is 1.66. The molecule has 1 heterocycles. The van der Waals surface area contributed by atoms with Crippen molar-refractivity contribution in [2.45, 2.75) is 32.5 Å². The van der Waals surface area contributed by atoms with Gasteiger partial charge in [-0.15, -0.1) is 6.58 Å². The zero-order valence-corrected chi connectivity index (χ0v) is 12.7. The molecule has 0 bridgehead atoms. The molecule has 118 valence electrons. The highest BCUT2D eigenvalue weighted by atomic mass is 16.4. The van der Waals surface area contributed by atoms with Crippen LogP contribution in [0.1, 0.15) is 20.3 Å². The number of carbonyl (C=O) groups excluding carboxylic acids is 2. The zero-order valence-electron chi connectivity index (χ0n) is 12.7. The fourth-order valence-electron chi connectivity index (χ4n) is 2.51. The third-order valence-corrected chi connectivity index (χ3v) is 3.74. The Bertz CT molecular complexity index is 438. The highest BCUT2D eigenvalue weighted by Gasteiger charge is 2.40. The van der Waals surface area contributed by atoms with E-state index in [1.54, 1.807) is 18.0 Å². The summed E-state index contributed by atoms with van der Waals surface area (Å²) in [7, 11) is 1.62. The van der Waals surface area contributed by atoms with Crippen LogP contribution in [0.2, 0.25) is 0 Å². The van der Waals surface area contributed by atoms with Gasteiger partial charge < -0.3 is 15.3 Å². The number of rotatable bonds is 6. The summed E-state index contributed by atoms with van der Waals surface area (Å²) in [6.45, 7) is 7.24. The Morgan fingerprint density at radius 3 is 2.52 bits per heavy atom. The van der Waals surface area contributed by atoms with Crippen LogP contribution in [0.4, 0.5) is 0 Å². The van der Waals surface area contributed by atoms with Crippen LogP contribution < -0.4 is 5.32 Å². The fraction of sp³-hybridized carbons (Fsp3) is 0.643. The standard InChI is InChI=1S/C14H23N3O4/c1-5-11-6-12(14(20)21)17(7-11)13(15-9(2)18)8-16(4)10(3)19/h5,11-13H,1,6-8H2,2-4H3,(H,15,18)(H,20,21). The molecule has 1 saturated heterocycles. The van der Waals surface area contributed by atoms with Gasteiger partial charge in [0.2, 0.25) is 11.8 Å². The number of carboxylic acids is 1. The van der Waals surface area contributed by atoms with Crippen LogP contribution in [0.5, 0.6) is 0 Å². The van der Waals surface area contributed by atoms with Crippen LogP contribution in [-0.4, -0.2) is 65.0 Å². The summed E-state index contributed by atoms with van der Waals surface area (Å²) < 4.78 is 0. The average molecular weight is 297 g/mol. The van der Waals surface area contributed by atoms with E-state index in [9.17, 15) is 19.5 Å². The minimum absolute atomic E-state index is 0.0602. The van der Waals surface area contributed by atoms with Crippen molar-refractivity contribution in [3.05, 3.63) is 12.7 Å². The van der Waals surface area contributed by atoms with Crippen LogP contribution in [0, 0.1) is 5.92 Å². The first-order valence-electron chi connectivity index (χ1n) is 6.86. The van der Waals surface area contributed by atoms with Crippen molar-refractivity contribution in [1.29, 1.82) is 0 Å². The Balaban J connectivity index is 2.93. The second kappa shape index (κ2) is 7.21. The molecule has 1 fully saturated rings. The molecule has 7 nitrogen and oxygen atoms in total. The third kappa shape index (κ3) is 4.56. The van der Waals surface area contributed by atoms with Gasteiger partial charge >= 0.3 is 5.97 Å². The first-order chi connectivity index (χ1) is 9.76. The van der Waals surface area contributed by atoms with E-state index in [1.165, 1.54) is 18.7 Å². The highest BCUT2D eigenvalue weighted by Crippen LogP contribution is 2.26. The third-order valence-electron chi connectivity index (χ3n) is 3.74. The second-order valence-electron chi connectivity index (χ2n) is 5.40. The number of nitrogens with zero attached hydrogens (tertiary/aromatic N) is 2. The van der Waals surface area contributed by atoms with Gasteiger partial charge in [0, 0.05) is 27.4 Å². The molecule has 1 aliphatic heterocycles. The first-order valence-corrected chi connectivity index (χ1v) is 6.86. The lowest BCUT2D eigenvalue weighted by Crippen LogP contribution is -2.56. The summed E-state index contributed by atoms with van der Waals surface area (Å²) >= 11 is 0. The summed E-state index contributed by atoms with van der Waals surface area (Å²) in [4.78, 5) is 37.4. The fourth-order valence-corrected chi connectivity index (χ4v) is 2.51. The number of likely N-dealkylation sites (N-methyl/N-ethyl adjacent to an activating group) is 1. The van der Waals surface area contributed by atoms with E-state index in [-0.39, 0.29) is 24.3 Å². The molecule has 0 aromatic heterocycles. The maximum absolute atomic E-state index is 11.4. The average Bonchev–Trinajstić information content (AvgIpc) is 2.81.